The van der Waals surface area contributed by atoms with Crippen molar-refractivity contribution in [3.63, 3.8) is 0 Å². The Labute approximate surface area is 79.8 Å². The molecule has 0 spiro atoms. The Morgan fingerprint density at radius 1 is 1.62 bits per heavy atom. The average molecular weight is 185 g/mol. The number of rotatable bonds is 6. The first-order chi connectivity index (χ1) is 6.24. The Bertz CT molecular complexity index is 166. The first kappa shape index (κ1) is 10.5. The summed E-state index contributed by atoms with van der Waals surface area (Å²) in [7, 11) is 0. The Balaban J connectivity index is 2.02. The molecular formula is C10H19NO2. The minimum atomic E-state index is -0.00852. The fourth-order valence-electron chi connectivity index (χ4n) is 1.14. The third-order valence-electron chi connectivity index (χ3n) is 2.09. The van der Waals surface area contributed by atoms with Crippen LogP contribution in [0.5, 0.6) is 0 Å². The lowest BCUT2D eigenvalue weighted by molar-refractivity contribution is -0.149. The first-order valence-corrected chi connectivity index (χ1v) is 5.15. The van der Waals surface area contributed by atoms with E-state index in [-0.39, 0.29) is 18.0 Å². The zero-order chi connectivity index (χ0) is 9.68. The first-order valence-electron chi connectivity index (χ1n) is 5.15. The summed E-state index contributed by atoms with van der Waals surface area (Å²) < 4.78 is 5.22. The van der Waals surface area contributed by atoms with Crippen LogP contribution in [0.4, 0.5) is 0 Å². The molecule has 1 aliphatic carbocycles. The summed E-state index contributed by atoms with van der Waals surface area (Å²) in [5.74, 6) is 0.208. The van der Waals surface area contributed by atoms with Crippen LogP contribution in [-0.4, -0.2) is 25.2 Å². The van der Waals surface area contributed by atoms with E-state index in [1.807, 2.05) is 6.92 Å². The third-order valence-corrected chi connectivity index (χ3v) is 2.09. The molecule has 0 aromatic rings. The highest BCUT2D eigenvalue weighted by Crippen LogP contribution is 2.30. The van der Waals surface area contributed by atoms with E-state index in [1.165, 1.54) is 0 Å². The molecular weight excluding hydrogens is 166 g/mol. The fourth-order valence-corrected chi connectivity index (χ4v) is 1.14. The van der Waals surface area contributed by atoms with Crippen molar-refractivity contribution in [3.8, 4) is 0 Å². The molecule has 0 saturated heterocycles. The number of carbonyl (C=O) groups excluding carboxylic acids is 1. The van der Waals surface area contributed by atoms with Crippen LogP contribution in [0.2, 0.25) is 0 Å². The minimum Gasteiger partial charge on any atom is -0.461 e. The van der Waals surface area contributed by atoms with Gasteiger partial charge >= 0.3 is 5.97 Å². The van der Waals surface area contributed by atoms with Gasteiger partial charge in [-0.1, -0.05) is 6.92 Å². The summed E-state index contributed by atoms with van der Waals surface area (Å²) in [5.41, 5.74) is 0. The predicted molar refractivity (Wildman–Crippen MR) is 51.4 cm³/mol. The quantitative estimate of drug-likeness (QED) is 0.501. The monoisotopic (exact) mass is 185 g/mol. The molecule has 0 heterocycles. The molecule has 1 rings (SSSR count). The number of ether oxygens (including phenoxy) is 1. The van der Waals surface area contributed by atoms with Gasteiger partial charge in [-0.3, -0.25) is 4.79 Å². The second-order valence-electron chi connectivity index (χ2n) is 3.73. The van der Waals surface area contributed by atoms with Crippen LogP contribution >= 0.6 is 0 Å². The zero-order valence-electron chi connectivity index (χ0n) is 8.51. The number of hydrogen-bond donors (Lipinski definition) is 1. The van der Waals surface area contributed by atoms with Gasteiger partial charge in [-0.05, 0) is 32.7 Å². The van der Waals surface area contributed by atoms with Crippen molar-refractivity contribution in [2.75, 3.05) is 13.1 Å². The van der Waals surface area contributed by atoms with Crippen molar-refractivity contribution < 1.29 is 9.53 Å². The van der Waals surface area contributed by atoms with Crippen LogP contribution in [0.3, 0.4) is 0 Å². The van der Waals surface area contributed by atoms with E-state index in [4.69, 9.17) is 4.74 Å². The summed E-state index contributed by atoms with van der Waals surface area (Å²) in [6.07, 6.45) is 3.17. The zero-order valence-corrected chi connectivity index (χ0v) is 8.51. The van der Waals surface area contributed by atoms with Crippen LogP contribution in [0, 0.1) is 5.92 Å². The van der Waals surface area contributed by atoms with Crippen molar-refractivity contribution in [2.24, 2.45) is 5.92 Å². The SMILES string of the molecule is CCCNCC(C)OC(=O)C1CC1. The Kier molecular flexibility index (Phi) is 4.22. The van der Waals surface area contributed by atoms with Crippen LogP contribution in [0.1, 0.15) is 33.1 Å². The molecule has 3 heteroatoms. The minimum absolute atomic E-state index is 0.00852. The third kappa shape index (κ3) is 4.27. The van der Waals surface area contributed by atoms with E-state index in [9.17, 15) is 4.79 Å². The van der Waals surface area contributed by atoms with Crippen molar-refractivity contribution in [3.05, 3.63) is 0 Å². The summed E-state index contributed by atoms with van der Waals surface area (Å²) in [4.78, 5) is 11.2. The summed E-state index contributed by atoms with van der Waals surface area (Å²) in [5, 5.41) is 3.22. The Morgan fingerprint density at radius 3 is 2.85 bits per heavy atom. The predicted octanol–water partition coefficient (Wildman–Crippen LogP) is 1.33. The lowest BCUT2D eigenvalue weighted by atomic mass is 10.3. The van der Waals surface area contributed by atoms with Gasteiger partial charge in [0.1, 0.15) is 6.10 Å². The number of hydrogen-bond acceptors (Lipinski definition) is 3. The van der Waals surface area contributed by atoms with Crippen LogP contribution in [-0.2, 0) is 9.53 Å². The van der Waals surface area contributed by atoms with E-state index in [0.29, 0.717) is 0 Å². The smallest absolute Gasteiger partial charge is 0.309 e. The summed E-state index contributed by atoms with van der Waals surface area (Å²) >= 11 is 0. The fraction of sp³-hybridized carbons (Fsp3) is 0.900. The maximum atomic E-state index is 11.2. The van der Waals surface area contributed by atoms with Gasteiger partial charge in [0.2, 0.25) is 0 Å². The van der Waals surface area contributed by atoms with Gasteiger partial charge < -0.3 is 10.1 Å². The second kappa shape index (κ2) is 5.22. The van der Waals surface area contributed by atoms with E-state index < -0.39 is 0 Å². The van der Waals surface area contributed by atoms with Crippen molar-refractivity contribution in [2.45, 2.75) is 39.2 Å². The topological polar surface area (TPSA) is 38.3 Å². The molecule has 0 bridgehead atoms. The van der Waals surface area contributed by atoms with Gasteiger partial charge in [0, 0.05) is 6.54 Å². The highest BCUT2D eigenvalue weighted by Gasteiger charge is 2.31. The van der Waals surface area contributed by atoms with E-state index in [2.05, 4.69) is 12.2 Å². The van der Waals surface area contributed by atoms with Gasteiger partial charge in [-0.25, -0.2) is 0 Å². The number of esters is 1. The molecule has 0 aromatic heterocycles. The van der Waals surface area contributed by atoms with E-state index in [0.717, 1.165) is 32.4 Å². The molecule has 0 aromatic carbocycles. The molecule has 76 valence electrons. The second-order valence-corrected chi connectivity index (χ2v) is 3.73. The summed E-state index contributed by atoms with van der Waals surface area (Å²) in [6.45, 7) is 5.81. The van der Waals surface area contributed by atoms with E-state index >= 15 is 0 Å². The molecule has 1 aliphatic rings. The highest BCUT2D eigenvalue weighted by atomic mass is 16.5. The van der Waals surface area contributed by atoms with Gasteiger partial charge in [-0.15, -0.1) is 0 Å². The van der Waals surface area contributed by atoms with Crippen molar-refractivity contribution in [1.82, 2.24) is 5.32 Å². The Hall–Kier alpha value is -0.570. The maximum absolute atomic E-state index is 11.2. The van der Waals surface area contributed by atoms with Crippen molar-refractivity contribution >= 4 is 5.97 Å². The molecule has 1 unspecified atom stereocenters. The van der Waals surface area contributed by atoms with Gasteiger partial charge in [0.15, 0.2) is 0 Å². The molecule has 1 atom stereocenters. The molecule has 13 heavy (non-hydrogen) atoms. The largest absolute Gasteiger partial charge is 0.461 e. The molecule has 3 nitrogen and oxygen atoms in total. The van der Waals surface area contributed by atoms with E-state index in [1.54, 1.807) is 0 Å². The highest BCUT2D eigenvalue weighted by molar-refractivity contribution is 5.75. The number of nitrogens with one attached hydrogen (secondary N) is 1. The number of carbonyl (C=O) groups is 1. The molecule has 1 saturated carbocycles. The van der Waals surface area contributed by atoms with Gasteiger partial charge in [-0.2, -0.15) is 0 Å². The molecule has 0 radical (unpaired) electrons. The standard InChI is InChI=1S/C10H19NO2/c1-3-6-11-7-8(2)13-10(12)9-4-5-9/h8-9,11H,3-7H2,1-2H3. The van der Waals surface area contributed by atoms with Crippen LogP contribution in [0.25, 0.3) is 0 Å². The molecule has 0 amide bonds. The average Bonchev–Trinajstić information content (AvgIpc) is 2.86. The molecule has 0 aliphatic heterocycles. The molecule has 1 N–H and O–H groups in total. The Morgan fingerprint density at radius 2 is 2.31 bits per heavy atom. The lowest BCUT2D eigenvalue weighted by Gasteiger charge is -2.13. The van der Waals surface area contributed by atoms with Gasteiger partial charge in [0.25, 0.3) is 0 Å². The van der Waals surface area contributed by atoms with Crippen molar-refractivity contribution in [1.29, 1.82) is 0 Å². The summed E-state index contributed by atoms with van der Waals surface area (Å²) in [6, 6.07) is 0. The van der Waals surface area contributed by atoms with Gasteiger partial charge in [0.05, 0.1) is 5.92 Å². The lowest BCUT2D eigenvalue weighted by Crippen LogP contribution is -2.29. The maximum Gasteiger partial charge on any atom is 0.309 e. The van der Waals surface area contributed by atoms with Crippen LogP contribution in [0.15, 0.2) is 0 Å². The molecule has 1 fully saturated rings. The normalized spacial score (nSPS) is 18.3. The van der Waals surface area contributed by atoms with Crippen LogP contribution < -0.4 is 5.32 Å².